The number of hydrogen-bond donors (Lipinski definition) is 2. The van der Waals surface area contributed by atoms with Crippen LogP contribution < -0.4 is 10.1 Å². The number of aromatic nitrogens is 2. The molecule has 1 heterocycles. The third-order valence-electron chi connectivity index (χ3n) is 3.27. The minimum atomic E-state index is -0.0470. The number of aryl methyl sites for hydroxylation is 1. The zero-order valence-electron chi connectivity index (χ0n) is 13.3. The highest BCUT2D eigenvalue weighted by molar-refractivity contribution is 5.50. The zero-order chi connectivity index (χ0) is 15.6. The van der Waals surface area contributed by atoms with E-state index in [-0.39, 0.29) is 11.3 Å². The van der Waals surface area contributed by atoms with Crippen molar-refractivity contribution in [2.24, 2.45) is 0 Å². The van der Waals surface area contributed by atoms with Crippen molar-refractivity contribution in [2.75, 3.05) is 12.4 Å². The number of nitrogens with one attached hydrogen (secondary N) is 1. The summed E-state index contributed by atoms with van der Waals surface area (Å²) < 4.78 is 7.08. The van der Waals surface area contributed by atoms with Gasteiger partial charge in [-0.15, -0.1) is 0 Å². The fourth-order valence-electron chi connectivity index (χ4n) is 2.09. The van der Waals surface area contributed by atoms with E-state index < -0.39 is 0 Å². The number of rotatable bonds is 4. The Bertz CT molecular complexity index is 627. The maximum absolute atomic E-state index is 10.1. The minimum Gasteiger partial charge on any atom is -0.504 e. The van der Waals surface area contributed by atoms with Gasteiger partial charge >= 0.3 is 0 Å². The Balaban J connectivity index is 2.13. The fraction of sp³-hybridized carbons (Fsp3) is 0.438. The van der Waals surface area contributed by atoms with E-state index in [4.69, 9.17) is 4.74 Å². The van der Waals surface area contributed by atoms with Crippen molar-refractivity contribution in [3.05, 3.63) is 35.7 Å². The van der Waals surface area contributed by atoms with Gasteiger partial charge in [-0.3, -0.25) is 4.68 Å². The summed E-state index contributed by atoms with van der Waals surface area (Å²) in [6.45, 7) is 8.78. The first-order chi connectivity index (χ1) is 9.81. The molecule has 5 nitrogen and oxygen atoms in total. The average molecular weight is 289 g/mol. The van der Waals surface area contributed by atoms with Crippen molar-refractivity contribution in [1.82, 2.24) is 9.78 Å². The first kappa shape index (κ1) is 15.2. The molecule has 5 heteroatoms. The Hall–Kier alpha value is -2.17. The van der Waals surface area contributed by atoms with Gasteiger partial charge in [0, 0.05) is 18.3 Å². The van der Waals surface area contributed by atoms with Crippen LogP contribution in [-0.4, -0.2) is 22.0 Å². The smallest absolute Gasteiger partial charge is 0.162 e. The molecule has 0 aliphatic heterocycles. The van der Waals surface area contributed by atoms with Crippen LogP contribution in [0.25, 0.3) is 0 Å². The largest absolute Gasteiger partial charge is 0.504 e. The van der Waals surface area contributed by atoms with Crippen LogP contribution in [0.3, 0.4) is 0 Å². The third kappa shape index (κ3) is 3.48. The molecule has 2 rings (SSSR count). The number of aromatic hydroxyl groups is 1. The number of methoxy groups -OCH3 is 1. The lowest BCUT2D eigenvalue weighted by molar-refractivity contribution is 0.355. The molecule has 0 aliphatic carbocycles. The molecule has 0 radical (unpaired) electrons. The van der Waals surface area contributed by atoms with Crippen LogP contribution in [0.1, 0.15) is 31.9 Å². The van der Waals surface area contributed by atoms with Gasteiger partial charge in [-0.05, 0) is 39.3 Å². The van der Waals surface area contributed by atoms with Crippen LogP contribution in [0.5, 0.6) is 11.5 Å². The van der Waals surface area contributed by atoms with Gasteiger partial charge < -0.3 is 15.2 Å². The minimum absolute atomic E-state index is 0.0470. The molecule has 2 aromatic rings. The molecule has 1 aromatic heterocycles. The van der Waals surface area contributed by atoms with Crippen molar-refractivity contribution in [3.8, 4) is 11.5 Å². The maximum atomic E-state index is 10.1. The summed E-state index contributed by atoms with van der Waals surface area (Å²) >= 11 is 0. The van der Waals surface area contributed by atoms with Crippen LogP contribution in [0, 0.1) is 6.92 Å². The van der Waals surface area contributed by atoms with Gasteiger partial charge in [-0.25, -0.2) is 0 Å². The molecule has 0 aliphatic rings. The normalized spacial score (nSPS) is 11.5. The quantitative estimate of drug-likeness (QED) is 0.907. The molecule has 0 bridgehead atoms. The molecule has 0 atom stereocenters. The molecule has 0 saturated carbocycles. The van der Waals surface area contributed by atoms with Gasteiger partial charge in [0.05, 0.1) is 24.5 Å². The van der Waals surface area contributed by atoms with Crippen molar-refractivity contribution in [2.45, 2.75) is 39.8 Å². The summed E-state index contributed by atoms with van der Waals surface area (Å²) in [5.41, 5.74) is 2.72. The molecule has 1 aromatic carbocycles. The summed E-state index contributed by atoms with van der Waals surface area (Å²) in [7, 11) is 1.55. The summed E-state index contributed by atoms with van der Waals surface area (Å²) in [6.07, 6.45) is 3.75. The summed E-state index contributed by atoms with van der Waals surface area (Å²) in [5.74, 6) is 0.677. The van der Waals surface area contributed by atoms with Gasteiger partial charge in [0.25, 0.3) is 0 Å². The Morgan fingerprint density at radius 1 is 1.33 bits per heavy atom. The average Bonchev–Trinajstić information content (AvgIpc) is 2.88. The van der Waals surface area contributed by atoms with E-state index in [1.807, 2.05) is 29.9 Å². The summed E-state index contributed by atoms with van der Waals surface area (Å²) in [4.78, 5) is 0. The number of nitrogens with zero attached hydrogens (tertiary/aromatic N) is 2. The van der Waals surface area contributed by atoms with Gasteiger partial charge in [0.15, 0.2) is 11.5 Å². The molecule has 114 valence electrons. The molecule has 0 unspecified atom stereocenters. The van der Waals surface area contributed by atoms with E-state index >= 15 is 0 Å². The number of benzene rings is 1. The Morgan fingerprint density at radius 3 is 2.62 bits per heavy atom. The lowest BCUT2D eigenvalue weighted by Gasteiger charge is -2.18. The van der Waals surface area contributed by atoms with E-state index in [0.717, 1.165) is 16.8 Å². The summed E-state index contributed by atoms with van der Waals surface area (Å²) in [6, 6.07) is 3.76. The first-order valence-electron chi connectivity index (χ1n) is 6.97. The standard InChI is InChI=1S/C16H23N3O2/c1-11-6-12(15(20)14(7-11)21-5)8-17-13-9-18-19(10-13)16(2,3)4/h6-7,9-10,17,20H,8H2,1-5H3. The number of phenolic OH excluding ortho intramolecular Hbond substituents is 1. The van der Waals surface area contributed by atoms with Crippen molar-refractivity contribution >= 4 is 5.69 Å². The number of hydrogen-bond acceptors (Lipinski definition) is 4. The van der Waals surface area contributed by atoms with Gasteiger partial charge in [-0.1, -0.05) is 6.07 Å². The molecule has 0 spiro atoms. The van der Waals surface area contributed by atoms with E-state index in [0.29, 0.717) is 12.3 Å². The SMILES string of the molecule is COc1cc(C)cc(CNc2cnn(C(C)(C)C)c2)c1O. The van der Waals surface area contributed by atoms with Gasteiger partial charge in [-0.2, -0.15) is 5.10 Å². The predicted octanol–water partition coefficient (Wildman–Crippen LogP) is 3.27. The second-order valence-electron chi connectivity index (χ2n) is 6.17. The van der Waals surface area contributed by atoms with Crippen LogP contribution >= 0.6 is 0 Å². The number of phenols is 1. The molecule has 0 fully saturated rings. The summed E-state index contributed by atoms with van der Waals surface area (Å²) in [5, 5.41) is 17.8. The lowest BCUT2D eigenvalue weighted by atomic mass is 10.1. The Labute approximate surface area is 125 Å². The van der Waals surface area contributed by atoms with Crippen LogP contribution in [0.15, 0.2) is 24.5 Å². The van der Waals surface area contributed by atoms with E-state index in [1.165, 1.54) is 0 Å². The molecule has 0 saturated heterocycles. The molecule has 21 heavy (non-hydrogen) atoms. The highest BCUT2D eigenvalue weighted by Crippen LogP contribution is 2.31. The van der Waals surface area contributed by atoms with Crippen molar-refractivity contribution in [1.29, 1.82) is 0 Å². The van der Waals surface area contributed by atoms with E-state index in [1.54, 1.807) is 13.3 Å². The first-order valence-corrected chi connectivity index (χ1v) is 6.97. The van der Waals surface area contributed by atoms with Gasteiger partial charge in [0.1, 0.15) is 0 Å². The van der Waals surface area contributed by atoms with Crippen LogP contribution in [-0.2, 0) is 12.1 Å². The molecular formula is C16H23N3O2. The molecule has 0 amide bonds. The third-order valence-corrected chi connectivity index (χ3v) is 3.27. The monoisotopic (exact) mass is 289 g/mol. The van der Waals surface area contributed by atoms with Gasteiger partial charge in [0.2, 0.25) is 0 Å². The maximum Gasteiger partial charge on any atom is 0.162 e. The van der Waals surface area contributed by atoms with Crippen molar-refractivity contribution in [3.63, 3.8) is 0 Å². The number of anilines is 1. The number of ether oxygens (including phenoxy) is 1. The van der Waals surface area contributed by atoms with E-state index in [9.17, 15) is 5.11 Å². The van der Waals surface area contributed by atoms with Crippen LogP contribution in [0.2, 0.25) is 0 Å². The topological polar surface area (TPSA) is 59.3 Å². The molecular weight excluding hydrogens is 266 g/mol. The fourth-order valence-corrected chi connectivity index (χ4v) is 2.09. The predicted molar refractivity (Wildman–Crippen MR) is 83.9 cm³/mol. The lowest BCUT2D eigenvalue weighted by Crippen LogP contribution is -2.21. The highest BCUT2D eigenvalue weighted by Gasteiger charge is 2.14. The second kappa shape index (κ2) is 5.68. The van der Waals surface area contributed by atoms with E-state index in [2.05, 4.69) is 31.2 Å². The Morgan fingerprint density at radius 2 is 2.05 bits per heavy atom. The zero-order valence-corrected chi connectivity index (χ0v) is 13.3. The van der Waals surface area contributed by atoms with Crippen LogP contribution in [0.4, 0.5) is 5.69 Å². The molecule has 2 N–H and O–H groups in total. The highest BCUT2D eigenvalue weighted by atomic mass is 16.5. The Kier molecular flexibility index (Phi) is 4.11. The van der Waals surface area contributed by atoms with Crippen molar-refractivity contribution < 1.29 is 9.84 Å². The second-order valence-corrected chi connectivity index (χ2v) is 6.17.